The summed E-state index contributed by atoms with van der Waals surface area (Å²) in [7, 11) is 0. The Morgan fingerprint density at radius 2 is 2.36 bits per heavy atom. The molecule has 5 heteroatoms. The van der Waals surface area contributed by atoms with Gasteiger partial charge in [-0.1, -0.05) is 0 Å². The highest BCUT2D eigenvalue weighted by Crippen LogP contribution is 1.62. The molecule has 1 amide bonds. The summed E-state index contributed by atoms with van der Waals surface area (Å²) in [4.78, 5) is 10.7. The summed E-state index contributed by atoms with van der Waals surface area (Å²) in [5.74, 6) is -0.236. The molecule has 0 fully saturated rings. The molecule has 0 heterocycles. The minimum Gasteiger partial charge on any atom is -0.395 e. The van der Waals surface area contributed by atoms with Gasteiger partial charge in [0.1, 0.15) is 6.54 Å². The lowest BCUT2D eigenvalue weighted by Gasteiger charge is -2.00. The Balaban J connectivity index is 3.17. The predicted octanol–water partition coefficient (Wildman–Crippen LogP) is -1.79. The molecule has 0 aromatic heterocycles. The normalized spacial score (nSPS) is 8.73. The van der Waals surface area contributed by atoms with E-state index in [0.29, 0.717) is 6.54 Å². The van der Waals surface area contributed by atoms with Gasteiger partial charge in [0.15, 0.2) is 0 Å². The van der Waals surface area contributed by atoms with Crippen molar-refractivity contribution in [2.75, 3.05) is 26.2 Å². The number of aliphatic hydroxyl groups is 1. The van der Waals surface area contributed by atoms with Crippen LogP contribution in [0.4, 0.5) is 0 Å². The van der Waals surface area contributed by atoms with Crippen LogP contribution >= 0.6 is 0 Å². The van der Waals surface area contributed by atoms with Gasteiger partial charge < -0.3 is 15.7 Å². The molecule has 0 unspecified atom stereocenters. The number of carbonyl (C=O) groups is 1. The number of rotatable bonds is 5. The summed E-state index contributed by atoms with van der Waals surface area (Å²) < 4.78 is 0. The monoisotopic (exact) mass is 157 g/mol. The van der Waals surface area contributed by atoms with E-state index < -0.39 is 0 Å². The maximum absolute atomic E-state index is 10.7. The number of hydrogen-bond acceptors (Lipinski definition) is 4. The molecule has 3 N–H and O–H groups in total. The third kappa shape index (κ3) is 6.77. The van der Waals surface area contributed by atoms with Crippen LogP contribution in [0.15, 0.2) is 0 Å². The first-order chi connectivity index (χ1) is 5.31. The summed E-state index contributed by atoms with van der Waals surface area (Å²) in [5.41, 5.74) is 0. The average molecular weight is 157 g/mol. The number of amides is 1. The molecule has 0 aliphatic heterocycles. The molecule has 0 bridgehead atoms. The second-order valence-corrected chi connectivity index (χ2v) is 1.84. The smallest absolute Gasteiger partial charge is 0.234 e. The zero-order valence-corrected chi connectivity index (χ0v) is 6.13. The number of aliphatic hydroxyl groups excluding tert-OH is 1. The molecule has 11 heavy (non-hydrogen) atoms. The molecule has 0 aliphatic carbocycles. The molecule has 0 saturated heterocycles. The van der Waals surface area contributed by atoms with Crippen LogP contribution in [0.25, 0.3) is 0 Å². The van der Waals surface area contributed by atoms with Crippen molar-refractivity contribution in [1.29, 1.82) is 5.26 Å². The summed E-state index contributed by atoms with van der Waals surface area (Å²) in [6, 6.07) is 1.78. The average Bonchev–Trinajstić information content (AvgIpc) is 2.01. The third-order valence-corrected chi connectivity index (χ3v) is 0.939. The first-order valence-electron chi connectivity index (χ1n) is 3.26. The summed E-state index contributed by atoms with van der Waals surface area (Å²) >= 11 is 0. The minimum absolute atomic E-state index is 0.00549. The van der Waals surface area contributed by atoms with E-state index in [1.165, 1.54) is 0 Å². The Morgan fingerprint density at radius 3 is 2.91 bits per heavy atom. The lowest BCUT2D eigenvalue weighted by Crippen LogP contribution is -2.35. The largest absolute Gasteiger partial charge is 0.395 e. The van der Waals surface area contributed by atoms with E-state index in [9.17, 15) is 4.79 Å². The number of nitrogens with zero attached hydrogens (tertiary/aromatic N) is 1. The van der Waals surface area contributed by atoms with Gasteiger partial charge in [0.2, 0.25) is 5.91 Å². The van der Waals surface area contributed by atoms with E-state index in [-0.39, 0.29) is 25.6 Å². The van der Waals surface area contributed by atoms with Crippen LogP contribution in [0.1, 0.15) is 0 Å². The summed E-state index contributed by atoms with van der Waals surface area (Å²) in [6.07, 6.45) is 0. The first kappa shape index (κ1) is 9.88. The van der Waals surface area contributed by atoms with Crippen LogP contribution in [0.3, 0.4) is 0 Å². The first-order valence-corrected chi connectivity index (χ1v) is 3.26. The molecule has 5 nitrogen and oxygen atoms in total. The maximum Gasteiger partial charge on any atom is 0.234 e. The van der Waals surface area contributed by atoms with E-state index in [0.717, 1.165) is 0 Å². The molecule has 0 aromatic rings. The van der Waals surface area contributed by atoms with Gasteiger partial charge in [0.05, 0.1) is 19.2 Å². The lowest BCUT2D eigenvalue weighted by atomic mass is 10.5. The van der Waals surface area contributed by atoms with Gasteiger partial charge in [-0.25, -0.2) is 0 Å². The molecular weight excluding hydrogens is 146 g/mol. The highest BCUT2D eigenvalue weighted by molar-refractivity contribution is 5.78. The molecule has 0 aliphatic rings. The van der Waals surface area contributed by atoms with Crippen molar-refractivity contribution in [1.82, 2.24) is 10.6 Å². The molecule has 0 radical (unpaired) electrons. The second-order valence-electron chi connectivity index (χ2n) is 1.84. The Bertz CT molecular complexity index is 152. The van der Waals surface area contributed by atoms with Crippen molar-refractivity contribution < 1.29 is 9.90 Å². The fourth-order valence-electron chi connectivity index (χ4n) is 0.482. The second kappa shape index (κ2) is 6.99. The summed E-state index contributed by atoms with van der Waals surface area (Å²) in [5, 5.41) is 21.4. The number of carbonyl (C=O) groups excluding carboxylic acids is 1. The minimum atomic E-state index is -0.236. The summed E-state index contributed by atoms with van der Waals surface area (Å²) in [6.45, 7) is 0.563. The zero-order valence-electron chi connectivity index (χ0n) is 6.13. The van der Waals surface area contributed by atoms with Crippen LogP contribution in [0, 0.1) is 11.3 Å². The van der Waals surface area contributed by atoms with Crippen molar-refractivity contribution in [3.8, 4) is 6.07 Å². The quantitative estimate of drug-likeness (QED) is 0.325. The Morgan fingerprint density at radius 1 is 1.64 bits per heavy atom. The van der Waals surface area contributed by atoms with Crippen LogP contribution in [-0.4, -0.2) is 37.3 Å². The van der Waals surface area contributed by atoms with Gasteiger partial charge in [-0.3, -0.25) is 4.79 Å². The molecule has 0 aromatic carbocycles. The van der Waals surface area contributed by atoms with Crippen molar-refractivity contribution in [3.63, 3.8) is 0 Å². The molecule has 0 saturated carbocycles. The Hall–Kier alpha value is -1.12. The maximum atomic E-state index is 10.7. The number of hydrogen-bond donors (Lipinski definition) is 3. The highest BCUT2D eigenvalue weighted by atomic mass is 16.3. The molecule has 62 valence electrons. The third-order valence-electron chi connectivity index (χ3n) is 0.939. The predicted molar refractivity (Wildman–Crippen MR) is 38.6 cm³/mol. The Labute approximate surface area is 65.0 Å². The lowest BCUT2D eigenvalue weighted by molar-refractivity contribution is -0.120. The van der Waals surface area contributed by atoms with E-state index in [4.69, 9.17) is 10.4 Å². The molecule has 0 rings (SSSR count). The van der Waals surface area contributed by atoms with Gasteiger partial charge in [-0.2, -0.15) is 5.26 Å². The molecule has 0 spiro atoms. The molecule has 0 atom stereocenters. The van der Waals surface area contributed by atoms with Crippen LogP contribution < -0.4 is 10.6 Å². The van der Waals surface area contributed by atoms with Crippen LogP contribution in [-0.2, 0) is 4.79 Å². The topological polar surface area (TPSA) is 85.2 Å². The van der Waals surface area contributed by atoms with Gasteiger partial charge in [-0.05, 0) is 0 Å². The fraction of sp³-hybridized carbons (Fsp3) is 0.667. The highest BCUT2D eigenvalue weighted by Gasteiger charge is 1.96. The van der Waals surface area contributed by atoms with Crippen molar-refractivity contribution in [2.45, 2.75) is 0 Å². The van der Waals surface area contributed by atoms with Crippen LogP contribution in [0.2, 0.25) is 0 Å². The van der Waals surface area contributed by atoms with Crippen molar-refractivity contribution >= 4 is 5.91 Å². The van der Waals surface area contributed by atoms with E-state index in [1.807, 2.05) is 0 Å². The van der Waals surface area contributed by atoms with Gasteiger partial charge in [0.25, 0.3) is 0 Å². The van der Waals surface area contributed by atoms with Crippen LogP contribution in [0.5, 0.6) is 0 Å². The van der Waals surface area contributed by atoms with E-state index in [2.05, 4.69) is 10.6 Å². The van der Waals surface area contributed by atoms with Crippen molar-refractivity contribution in [3.05, 3.63) is 0 Å². The number of nitrogens with one attached hydrogen (secondary N) is 2. The number of nitriles is 1. The fourth-order valence-corrected chi connectivity index (χ4v) is 0.482. The van der Waals surface area contributed by atoms with Gasteiger partial charge in [-0.15, -0.1) is 0 Å². The molecular formula is C6H11N3O2. The van der Waals surface area contributed by atoms with Gasteiger partial charge in [0, 0.05) is 6.54 Å². The van der Waals surface area contributed by atoms with E-state index in [1.54, 1.807) is 6.07 Å². The van der Waals surface area contributed by atoms with Crippen molar-refractivity contribution in [2.24, 2.45) is 0 Å². The van der Waals surface area contributed by atoms with Gasteiger partial charge >= 0.3 is 0 Å². The standard InChI is InChI=1S/C6H11N3O2/c7-1-2-9-6(11)5-8-3-4-10/h8,10H,2-5H2,(H,9,11). The zero-order chi connectivity index (χ0) is 8.53. The van der Waals surface area contributed by atoms with E-state index >= 15 is 0 Å². The Kier molecular flexibility index (Phi) is 6.28. The SMILES string of the molecule is N#CCNC(=O)CNCCO.